The van der Waals surface area contributed by atoms with Crippen molar-refractivity contribution in [2.45, 2.75) is 23.6 Å². The first kappa shape index (κ1) is 11.5. The molecule has 0 aliphatic heterocycles. The zero-order valence-corrected chi connectivity index (χ0v) is 8.86. The number of carbonyl (C=O) groups is 1. The molecule has 1 atom stereocenters. The number of carboxylic acid groups (broad SMARTS) is 1. The molecule has 0 saturated heterocycles. The van der Waals surface area contributed by atoms with Crippen molar-refractivity contribution in [1.82, 2.24) is 10.2 Å². The molecule has 1 rings (SSSR count). The lowest BCUT2D eigenvalue weighted by molar-refractivity contribution is -0.136. The first-order valence-corrected chi connectivity index (χ1v) is 5.11. The molecule has 0 radical (unpaired) electrons. The topological polar surface area (TPSA) is 86.9 Å². The van der Waals surface area contributed by atoms with Gasteiger partial charge in [-0.1, -0.05) is 18.7 Å². The van der Waals surface area contributed by atoms with Crippen LogP contribution in [0.1, 0.15) is 18.9 Å². The van der Waals surface area contributed by atoms with Crippen molar-refractivity contribution in [3.63, 3.8) is 0 Å². The zero-order valence-electron chi connectivity index (χ0n) is 8.04. The molecule has 0 aromatic carbocycles. The highest BCUT2D eigenvalue weighted by atomic mass is 32.2. The van der Waals surface area contributed by atoms with E-state index in [0.29, 0.717) is 10.6 Å². The van der Waals surface area contributed by atoms with Crippen LogP contribution in [0.5, 0.6) is 0 Å². The molecule has 0 saturated carbocycles. The summed E-state index contributed by atoms with van der Waals surface area (Å²) in [6.07, 6.45) is 1.47. The van der Waals surface area contributed by atoms with Crippen LogP contribution in [0.25, 0.3) is 0 Å². The summed E-state index contributed by atoms with van der Waals surface area (Å²) >= 11 is 1.25. The molecule has 0 amide bonds. The highest BCUT2D eigenvalue weighted by Gasteiger charge is 2.12. The van der Waals surface area contributed by atoms with Crippen molar-refractivity contribution in [2.75, 3.05) is 0 Å². The molecular formula is C9H9N3O2S. The van der Waals surface area contributed by atoms with E-state index >= 15 is 0 Å². The van der Waals surface area contributed by atoms with Gasteiger partial charge in [0, 0.05) is 5.25 Å². The number of nitrogens with zero attached hydrogens (tertiary/aromatic N) is 3. The predicted molar refractivity (Wildman–Crippen MR) is 54.3 cm³/mol. The molecule has 1 aromatic rings. The van der Waals surface area contributed by atoms with E-state index in [4.69, 9.17) is 10.4 Å². The summed E-state index contributed by atoms with van der Waals surface area (Å²) in [4.78, 5) is 10.4. The Labute approximate surface area is 91.1 Å². The SMILES string of the molecule is CC(CC(=O)O)Sc1nnccc1C#N. The van der Waals surface area contributed by atoms with Crippen LogP contribution in [-0.2, 0) is 4.79 Å². The quantitative estimate of drug-likeness (QED) is 0.774. The van der Waals surface area contributed by atoms with Crippen molar-refractivity contribution in [1.29, 1.82) is 5.26 Å². The van der Waals surface area contributed by atoms with Crippen molar-refractivity contribution in [2.24, 2.45) is 0 Å². The third kappa shape index (κ3) is 3.56. The number of hydrogen-bond donors (Lipinski definition) is 1. The molecule has 1 aromatic heterocycles. The highest BCUT2D eigenvalue weighted by Crippen LogP contribution is 2.25. The minimum atomic E-state index is -0.864. The van der Waals surface area contributed by atoms with E-state index in [1.54, 1.807) is 13.0 Å². The summed E-state index contributed by atoms with van der Waals surface area (Å²) in [5.74, 6) is -0.864. The van der Waals surface area contributed by atoms with Gasteiger partial charge in [0.2, 0.25) is 0 Å². The summed E-state index contributed by atoms with van der Waals surface area (Å²) in [5, 5.41) is 25.1. The number of thioether (sulfide) groups is 1. The summed E-state index contributed by atoms with van der Waals surface area (Å²) in [6, 6.07) is 3.54. The molecule has 1 unspecified atom stereocenters. The van der Waals surface area contributed by atoms with Gasteiger partial charge in [0.05, 0.1) is 18.2 Å². The lowest BCUT2D eigenvalue weighted by Gasteiger charge is -2.07. The third-order valence-electron chi connectivity index (χ3n) is 1.58. The van der Waals surface area contributed by atoms with Gasteiger partial charge in [-0.05, 0) is 6.07 Å². The molecule has 0 aliphatic carbocycles. The molecular weight excluding hydrogens is 214 g/mol. The van der Waals surface area contributed by atoms with Crippen LogP contribution in [0.15, 0.2) is 17.3 Å². The lowest BCUT2D eigenvalue weighted by atomic mass is 10.3. The minimum absolute atomic E-state index is 0.0338. The fourth-order valence-corrected chi connectivity index (χ4v) is 1.91. The fourth-order valence-electron chi connectivity index (χ4n) is 0.969. The van der Waals surface area contributed by atoms with Gasteiger partial charge in [-0.2, -0.15) is 10.4 Å². The molecule has 6 heteroatoms. The van der Waals surface area contributed by atoms with Gasteiger partial charge in [-0.3, -0.25) is 4.79 Å². The molecule has 5 nitrogen and oxygen atoms in total. The normalized spacial score (nSPS) is 11.7. The molecule has 0 fully saturated rings. The van der Waals surface area contributed by atoms with Gasteiger partial charge in [0.25, 0.3) is 0 Å². The smallest absolute Gasteiger partial charge is 0.304 e. The minimum Gasteiger partial charge on any atom is -0.481 e. The Morgan fingerprint density at radius 2 is 2.53 bits per heavy atom. The summed E-state index contributed by atoms with van der Waals surface area (Å²) in [7, 11) is 0. The van der Waals surface area contributed by atoms with E-state index in [1.807, 2.05) is 6.07 Å². The third-order valence-corrected chi connectivity index (χ3v) is 2.68. The maximum absolute atomic E-state index is 10.4. The second kappa shape index (κ2) is 5.32. The number of nitriles is 1. The van der Waals surface area contributed by atoms with Crippen molar-refractivity contribution in [3.05, 3.63) is 17.8 Å². The monoisotopic (exact) mass is 223 g/mol. The van der Waals surface area contributed by atoms with Crippen molar-refractivity contribution < 1.29 is 9.90 Å². The van der Waals surface area contributed by atoms with Gasteiger partial charge in [0.15, 0.2) is 0 Å². The molecule has 0 bridgehead atoms. The predicted octanol–water partition coefficient (Wildman–Crippen LogP) is 1.30. The van der Waals surface area contributed by atoms with E-state index in [-0.39, 0.29) is 11.7 Å². The Hall–Kier alpha value is -1.61. The molecule has 1 heterocycles. The first-order valence-electron chi connectivity index (χ1n) is 4.23. The summed E-state index contributed by atoms with van der Waals surface area (Å²) in [5.41, 5.74) is 0.423. The number of aliphatic carboxylic acids is 1. The van der Waals surface area contributed by atoms with E-state index < -0.39 is 5.97 Å². The second-order valence-corrected chi connectivity index (χ2v) is 4.32. The van der Waals surface area contributed by atoms with Crippen LogP contribution in [0.2, 0.25) is 0 Å². The van der Waals surface area contributed by atoms with Crippen LogP contribution in [0.3, 0.4) is 0 Å². The van der Waals surface area contributed by atoms with E-state index in [0.717, 1.165) is 0 Å². The Kier molecular flexibility index (Phi) is 4.06. The summed E-state index contributed by atoms with van der Waals surface area (Å²) < 4.78 is 0. The van der Waals surface area contributed by atoms with E-state index in [2.05, 4.69) is 10.2 Å². The maximum Gasteiger partial charge on any atom is 0.304 e. The lowest BCUT2D eigenvalue weighted by Crippen LogP contribution is -2.06. The fraction of sp³-hybridized carbons (Fsp3) is 0.333. The molecule has 0 spiro atoms. The Morgan fingerprint density at radius 3 is 3.13 bits per heavy atom. The number of rotatable bonds is 4. The largest absolute Gasteiger partial charge is 0.481 e. The Morgan fingerprint density at radius 1 is 1.80 bits per heavy atom. The van der Waals surface area contributed by atoms with E-state index in [1.165, 1.54) is 18.0 Å². The van der Waals surface area contributed by atoms with Crippen LogP contribution >= 0.6 is 11.8 Å². The van der Waals surface area contributed by atoms with Gasteiger partial charge in [0.1, 0.15) is 11.1 Å². The van der Waals surface area contributed by atoms with Crippen LogP contribution in [-0.4, -0.2) is 26.5 Å². The summed E-state index contributed by atoms with van der Waals surface area (Å²) in [6.45, 7) is 1.77. The average molecular weight is 223 g/mol. The van der Waals surface area contributed by atoms with Crippen LogP contribution in [0.4, 0.5) is 0 Å². The highest BCUT2D eigenvalue weighted by molar-refractivity contribution is 7.99. The standard InChI is InChI=1S/C9H9N3O2S/c1-6(4-8(13)14)15-9-7(5-10)2-3-11-12-9/h2-3,6H,4H2,1H3,(H,13,14). The number of carboxylic acids is 1. The molecule has 78 valence electrons. The van der Waals surface area contributed by atoms with E-state index in [9.17, 15) is 4.79 Å². The van der Waals surface area contributed by atoms with Crippen LogP contribution < -0.4 is 0 Å². The van der Waals surface area contributed by atoms with Gasteiger partial charge >= 0.3 is 5.97 Å². The van der Waals surface area contributed by atoms with Crippen molar-refractivity contribution in [3.8, 4) is 6.07 Å². The van der Waals surface area contributed by atoms with Gasteiger partial charge in [-0.15, -0.1) is 5.10 Å². The number of aromatic nitrogens is 2. The Balaban J connectivity index is 2.72. The molecule has 15 heavy (non-hydrogen) atoms. The maximum atomic E-state index is 10.4. The van der Waals surface area contributed by atoms with Gasteiger partial charge in [-0.25, -0.2) is 0 Å². The Bertz CT molecular complexity index is 403. The second-order valence-electron chi connectivity index (χ2n) is 2.89. The molecule has 0 aliphatic rings. The number of hydrogen-bond acceptors (Lipinski definition) is 5. The van der Waals surface area contributed by atoms with Crippen LogP contribution in [0, 0.1) is 11.3 Å². The zero-order chi connectivity index (χ0) is 11.3. The average Bonchev–Trinajstić information content (AvgIpc) is 2.17. The van der Waals surface area contributed by atoms with Gasteiger partial charge < -0.3 is 5.11 Å². The van der Waals surface area contributed by atoms with Crippen molar-refractivity contribution >= 4 is 17.7 Å². The first-order chi connectivity index (χ1) is 7.13. The molecule has 1 N–H and O–H groups in total.